The number of rotatable bonds is 2. The first-order valence-corrected chi connectivity index (χ1v) is 7.46. The van der Waals surface area contributed by atoms with Crippen molar-refractivity contribution in [3.8, 4) is 5.69 Å². The van der Waals surface area contributed by atoms with Gasteiger partial charge in [0.25, 0.3) is 17.4 Å². The van der Waals surface area contributed by atoms with Gasteiger partial charge in [-0.1, -0.05) is 0 Å². The molecule has 1 aromatic carbocycles. The van der Waals surface area contributed by atoms with E-state index >= 15 is 0 Å². The molecule has 1 aliphatic heterocycles. The second-order valence-corrected chi connectivity index (χ2v) is 6.05. The van der Waals surface area contributed by atoms with Crippen molar-refractivity contribution in [1.82, 2.24) is 9.88 Å². The number of carbonyl (C=O) groups excluding carboxylic acids is 2. The molecule has 122 valence electrons. The molecule has 0 radical (unpaired) electrons. The van der Waals surface area contributed by atoms with Crippen molar-refractivity contribution in [2.45, 2.75) is 6.92 Å². The second-order valence-electron chi connectivity index (χ2n) is 5.20. The number of halogens is 1. The maximum atomic E-state index is 12.4. The normalized spacial score (nSPS) is 12.9. The summed E-state index contributed by atoms with van der Waals surface area (Å²) in [6.45, 7) is 1.61. The monoisotopic (exact) mass is 391 g/mol. The number of nitrogens with two attached hydrogens (primary N) is 1. The van der Waals surface area contributed by atoms with Gasteiger partial charge in [-0.05, 0) is 40.5 Å². The van der Waals surface area contributed by atoms with Crippen LogP contribution < -0.4 is 16.6 Å². The van der Waals surface area contributed by atoms with E-state index in [4.69, 9.17) is 5.73 Å². The number of hydrogen-bond donors (Lipinski definition) is 3. The third kappa shape index (κ3) is 2.21. The fourth-order valence-corrected chi connectivity index (χ4v) is 3.23. The number of fused-ring (bicyclic) bond motifs is 1. The Hall–Kier alpha value is -2.94. The van der Waals surface area contributed by atoms with Gasteiger partial charge in [-0.3, -0.25) is 24.3 Å². The average molecular weight is 392 g/mol. The lowest BCUT2D eigenvalue weighted by atomic mass is 10.1. The third-order valence-electron chi connectivity index (χ3n) is 3.72. The number of amides is 2. The van der Waals surface area contributed by atoms with Crippen LogP contribution in [-0.4, -0.2) is 27.5 Å². The smallest absolute Gasteiger partial charge is 0.336 e. The van der Waals surface area contributed by atoms with E-state index in [1.807, 2.05) is 0 Å². The number of aromatic carboxylic acids is 1. The lowest BCUT2D eigenvalue weighted by Gasteiger charge is -2.15. The first-order valence-electron chi connectivity index (χ1n) is 6.67. The van der Waals surface area contributed by atoms with Gasteiger partial charge in [-0.2, -0.15) is 0 Å². The van der Waals surface area contributed by atoms with E-state index in [0.29, 0.717) is 10.0 Å². The lowest BCUT2D eigenvalue weighted by molar-refractivity contribution is 0.0695. The largest absolute Gasteiger partial charge is 0.478 e. The van der Waals surface area contributed by atoms with E-state index in [1.54, 1.807) is 6.92 Å². The summed E-state index contributed by atoms with van der Waals surface area (Å²) < 4.78 is 1.41. The minimum atomic E-state index is -1.16. The summed E-state index contributed by atoms with van der Waals surface area (Å²) in [5, 5.41) is 11.3. The topological polar surface area (TPSA) is 131 Å². The van der Waals surface area contributed by atoms with Crippen LogP contribution in [0.1, 0.15) is 36.6 Å². The molecule has 4 N–H and O–H groups in total. The number of pyridine rings is 1. The van der Waals surface area contributed by atoms with E-state index in [9.17, 15) is 24.3 Å². The Bertz CT molecular complexity index is 1010. The van der Waals surface area contributed by atoms with Gasteiger partial charge in [0.05, 0.1) is 22.4 Å². The molecule has 0 aliphatic carbocycles. The second kappa shape index (κ2) is 5.31. The molecule has 2 heterocycles. The Balaban J connectivity index is 2.37. The van der Waals surface area contributed by atoms with Crippen LogP contribution in [0.3, 0.4) is 0 Å². The number of nitrogen functional groups attached to an aromatic ring is 1. The molecule has 2 aromatic rings. The van der Waals surface area contributed by atoms with E-state index < -0.39 is 23.3 Å². The van der Waals surface area contributed by atoms with Crippen LogP contribution >= 0.6 is 15.9 Å². The van der Waals surface area contributed by atoms with Crippen LogP contribution in [0.25, 0.3) is 5.69 Å². The molecular weight excluding hydrogens is 382 g/mol. The van der Waals surface area contributed by atoms with Gasteiger partial charge in [-0.25, -0.2) is 4.79 Å². The van der Waals surface area contributed by atoms with E-state index in [0.717, 1.165) is 10.6 Å². The number of anilines is 1. The highest BCUT2D eigenvalue weighted by Crippen LogP contribution is 2.29. The predicted octanol–water partition coefficient (Wildman–Crippen LogP) is 1.07. The molecule has 0 unspecified atom stereocenters. The first-order chi connectivity index (χ1) is 11.2. The summed E-state index contributed by atoms with van der Waals surface area (Å²) in [6.07, 6.45) is 0. The molecule has 1 aliphatic rings. The zero-order valence-corrected chi connectivity index (χ0v) is 13.8. The molecule has 9 heteroatoms. The van der Waals surface area contributed by atoms with Crippen LogP contribution in [0.2, 0.25) is 0 Å². The molecule has 2 amide bonds. The van der Waals surface area contributed by atoms with E-state index in [-0.39, 0.29) is 28.2 Å². The fourth-order valence-electron chi connectivity index (χ4n) is 2.59. The van der Waals surface area contributed by atoms with Gasteiger partial charge in [-0.15, -0.1) is 0 Å². The standard InChI is InChI=1S/C15H10BrN3O5/c1-5-2-8(16)9(3-6(5)15(23)24)19-10(20)4-7-11(12(19)17)14(22)18-13(7)21/h2-4H,17H2,1H3,(H,23,24)(H,18,21,22). The lowest BCUT2D eigenvalue weighted by Crippen LogP contribution is -2.24. The number of nitrogens with one attached hydrogen (secondary N) is 1. The molecule has 0 atom stereocenters. The number of aryl methyl sites for hydroxylation is 1. The molecule has 3 rings (SSSR count). The van der Waals surface area contributed by atoms with Gasteiger partial charge >= 0.3 is 5.97 Å². The minimum Gasteiger partial charge on any atom is -0.478 e. The van der Waals surface area contributed by atoms with Gasteiger partial charge in [0.15, 0.2) is 0 Å². The van der Waals surface area contributed by atoms with E-state index in [1.165, 1.54) is 12.1 Å². The third-order valence-corrected chi connectivity index (χ3v) is 4.35. The number of benzene rings is 1. The molecule has 8 nitrogen and oxygen atoms in total. The number of carboxylic acid groups (broad SMARTS) is 1. The maximum Gasteiger partial charge on any atom is 0.336 e. The molecule has 0 bridgehead atoms. The summed E-state index contributed by atoms with van der Waals surface area (Å²) in [4.78, 5) is 47.3. The SMILES string of the molecule is Cc1cc(Br)c(-n2c(N)c3c(cc2=O)C(=O)NC3=O)cc1C(=O)O. The van der Waals surface area contributed by atoms with Gasteiger partial charge in [0.2, 0.25) is 0 Å². The number of nitrogens with zero attached hydrogens (tertiary/aromatic N) is 1. The van der Waals surface area contributed by atoms with Crippen molar-refractivity contribution in [2.75, 3.05) is 5.73 Å². The zero-order valence-electron chi connectivity index (χ0n) is 12.2. The van der Waals surface area contributed by atoms with Crippen molar-refractivity contribution in [1.29, 1.82) is 0 Å². The van der Waals surface area contributed by atoms with Crippen LogP contribution in [0.15, 0.2) is 27.5 Å². The molecule has 1 aromatic heterocycles. The van der Waals surface area contributed by atoms with Crippen LogP contribution in [0, 0.1) is 6.92 Å². The highest BCUT2D eigenvalue weighted by atomic mass is 79.9. The van der Waals surface area contributed by atoms with Crippen molar-refractivity contribution >= 4 is 39.5 Å². The van der Waals surface area contributed by atoms with Gasteiger partial charge < -0.3 is 10.8 Å². The van der Waals surface area contributed by atoms with Crippen LogP contribution in [0.5, 0.6) is 0 Å². The number of hydrogen-bond acceptors (Lipinski definition) is 5. The number of carbonyl (C=O) groups is 3. The van der Waals surface area contributed by atoms with Crippen molar-refractivity contribution in [3.05, 3.63) is 55.3 Å². The maximum absolute atomic E-state index is 12.4. The molecule has 24 heavy (non-hydrogen) atoms. The van der Waals surface area contributed by atoms with Gasteiger partial charge in [0.1, 0.15) is 5.82 Å². The summed E-state index contributed by atoms with van der Waals surface area (Å²) in [6, 6.07) is 3.81. The summed E-state index contributed by atoms with van der Waals surface area (Å²) in [5.41, 5.74) is 5.71. The Morgan fingerprint density at radius 3 is 2.50 bits per heavy atom. The minimum absolute atomic E-state index is 0.0134. The zero-order chi connectivity index (χ0) is 17.8. The number of aromatic nitrogens is 1. The van der Waals surface area contributed by atoms with Gasteiger partial charge in [0, 0.05) is 10.5 Å². The molecule has 0 saturated heterocycles. The number of carboxylic acids is 1. The Labute approximate surface area is 143 Å². The molecule has 0 spiro atoms. The van der Waals surface area contributed by atoms with Crippen molar-refractivity contribution in [3.63, 3.8) is 0 Å². The van der Waals surface area contributed by atoms with E-state index in [2.05, 4.69) is 21.2 Å². The fraction of sp³-hybridized carbons (Fsp3) is 0.0667. The van der Waals surface area contributed by atoms with Crippen molar-refractivity contribution < 1.29 is 19.5 Å². The average Bonchev–Trinajstić information content (AvgIpc) is 2.75. The Morgan fingerprint density at radius 2 is 1.88 bits per heavy atom. The Kier molecular flexibility index (Phi) is 3.52. The molecule has 0 saturated carbocycles. The summed E-state index contributed by atoms with van der Waals surface area (Å²) >= 11 is 3.27. The van der Waals surface area contributed by atoms with Crippen LogP contribution in [-0.2, 0) is 0 Å². The number of imide groups is 1. The Morgan fingerprint density at radius 1 is 1.21 bits per heavy atom. The first kappa shape index (κ1) is 15.9. The van der Waals surface area contributed by atoms with Crippen LogP contribution in [0.4, 0.5) is 5.82 Å². The molecular formula is C15H10BrN3O5. The summed E-state index contributed by atoms with van der Waals surface area (Å²) in [5.74, 6) is -2.80. The van der Waals surface area contributed by atoms with Crippen molar-refractivity contribution in [2.24, 2.45) is 0 Å². The summed E-state index contributed by atoms with van der Waals surface area (Å²) in [7, 11) is 0. The predicted molar refractivity (Wildman–Crippen MR) is 87.6 cm³/mol. The quantitative estimate of drug-likeness (QED) is 0.656. The highest BCUT2D eigenvalue weighted by Gasteiger charge is 2.32. The highest BCUT2D eigenvalue weighted by molar-refractivity contribution is 9.10. The molecule has 0 fully saturated rings.